The van der Waals surface area contributed by atoms with Crippen LogP contribution in [0, 0.1) is 5.92 Å². The van der Waals surface area contributed by atoms with E-state index in [0.717, 1.165) is 49.6 Å². The third-order valence-electron chi connectivity index (χ3n) is 4.85. The number of hydrogen-bond acceptors (Lipinski definition) is 5. The van der Waals surface area contributed by atoms with Crippen molar-refractivity contribution in [1.82, 2.24) is 14.9 Å². The fourth-order valence-electron chi connectivity index (χ4n) is 3.43. The summed E-state index contributed by atoms with van der Waals surface area (Å²) in [5.41, 5.74) is 2.91. The SMILES string of the molecule is COCCN1CCC[C@H](Cc2cnc(-c3ccc(C(=O)O)cc3)cn2)C1. The van der Waals surface area contributed by atoms with Gasteiger partial charge in [-0.2, -0.15) is 0 Å². The van der Waals surface area contributed by atoms with Crippen molar-refractivity contribution in [3.63, 3.8) is 0 Å². The Labute approximate surface area is 153 Å². The predicted octanol–water partition coefficient (Wildman–Crippen LogP) is 2.74. The zero-order chi connectivity index (χ0) is 18.4. The zero-order valence-electron chi connectivity index (χ0n) is 15.1. The second-order valence-corrected chi connectivity index (χ2v) is 6.78. The molecule has 1 fully saturated rings. The molecule has 138 valence electrons. The van der Waals surface area contributed by atoms with Gasteiger partial charge in [-0.25, -0.2) is 4.79 Å². The zero-order valence-corrected chi connectivity index (χ0v) is 15.1. The van der Waals surface area contributed by atoms with E-state index in [1.165, 1.54) is 12.8 Å². The van der Waals surface area contributed by atoms with Gasteiger partial charge in [-0.1, -0.05) is 12.1 Å². The van der Waals surface area contributed by atoms with Gasteiger partial charge in [0.05, 0.1) is 29.8 Å². The Morgan fingerprint density at radius 3 is 2.73 bits per heavy atom. The topological polar surface area (TPSA) is 75.5 Å². The molecule has 1 aliphatic heterocycles. The number of hydrogen-bond donors (Lipinski definition) is 1. The van der Waals surface area contributed by atoms with Gasteiger partial charge < -0.3 is 14.7 Å². The van der Waals surface area contributed by atoms with Crippen LogP contribution in [0.25, 0.3) is 11.3 Å². The number of methoxy groups -OCH3 is 1. The van der Waals surface area contributed by atoms with Gasteiger partial charge in [-0.15, -0.1) is 0 Å². The van der Waals surface area contributed by atoms with Crippen LogP contribution < -0.4 is 0 Å². The van der Waals surface area contributed by atoms with Crippen molar-refractivity contribution in [3.8, 4) is 11.3 Å². The molecule has 26 heavy (non-hydrogen) atoms. The number of carbonyl (C=O) groups is 1. The Hall–Kier alpha value is -2.31. The maximum Gasteiger partial charge on any atom is 0.335 e. The summed E-state index contributed by atoms with van der Waals surface area (Å²) >= 11 is 0. The van der Waals surface area contributed by atoms with Gasteiger partial charge in [0.25, 0.3) is 0 Å². The molecule has 0 spiro atoms. The normalized spacial score (nSPS) is 18.0. The van der Waals surface area contributed by atoms with Crippen molar-refractivity contribution in [1.29, 1.82) is 0 Å². The Kier molecular flexibility index (Phi) is 6.30. The smallest absolute Gasteiger partial charge is 0.335 e. The van der Waals surface area contributed by atoms with Crippen LogP contribution >= 0.6 is 0 Å². The molecule has 1 N–H and O–H groups in total. The average molecular weight is 355 g/mol. The van der Waals surface area contributed by atoms with Gasteiger partial charge in [0, 0.05) is 32.0 Å². The van der Waals surface area contributed by atoms with Crippen molar-refractivity contribution in [3.05, 3.63) is 47.9 Å². The van der Waals surface area contributed by atoms with Gasteiger partial charge >= 0.3 is 5.97 Å². The molecule has 1 aromatic carbocycles. The molecular formula is C20H25N3O3. The number of aromatic carboxylic acids is 1. The number of benzene rings is 1. The third-order valence-corrected chi connectivity index (χ3v) is 4.85. The van der Waals surface area contributed by atoms with Gasteiger partial charge in [0.2, 0.25) is 0 Å². The highest BCUT2D eigenvalue weighted by Crippen LogP contribution is 2.21. The summed E-state index contributed by atoms with van der Waals surface area (Å²) in [5.74, 6) is -0.319. The molecule has 1 saturated heterocycles. The average Bonchev–Trinajstić information content (AvgIpc) is 2.67. The van der Waals surface area contributed by atoms with Crippen LogP contribution in [0.15, 0.2) is 36.7 Å². The van der Waals surface area contributed by atoms with Crippen LogP contribution in [0.2, 0.25) is 0 Å². The van der Waals surface area contributed by atoms with Crippen LogP contribution in [0.5, 0.6) is 0 Å². The number of rotatable bonds is 7. The molecule has 0 saturated carbocycles. The maximum atomic E-state index is 10.9. The van der Waals surface area contributed by atoms with E-state index in [1.54, 1.807) is 37.6 Å². The summed E-state index contributed by atoms with van der Waals surface area (Å²) in [6, 6.07) is 6.71. The monoisotopic (exact) mass is 355 g/mol. The van der Waals surface area contributed by atoms with Gasteiger partial charge in [-0.05, 0) is 43.9 Å². The van der Waals surface area contributed by atoms with Crippen LogP contribution in [0.4, 0.5) is 0 Å². The number of aromatic nitrogens is 2. The summed E-state index contributed by atoms with van der Waals surface area (Å²) < 4.78 is 5.18. The Balaban J connectivity index is 1.59. The summed E-state index contributed by atoms with van der Waals surface area (Å²) in [7, 11) is 1.74. The number of piperidine rings is 1. The fraction of sp³-hybridized carbons (Fsp3) is 0.450. The lowest BCUT2D eigenvalue weighted by Crippen LogP contribution is -2.38. The molecular weight excluding hydrogens is 330 g/mol. The van der Waals surface area contributed by atoms with Crippen LogP contribution in [0.1, 0.15) is 28.9 Å². The summed E-state index contributed by atoms with van der Waals surface area (Å²) in [4.78, 5) is 22.5. The Morgan fingerprint density at radius 1 is 1.27 bits per heavy atom. The summed E-state index contributed by atoms with van der Waals surface area (Å²) in [6.45, 7) is 4.01. The van der Waals surface area contributed by atoms with Gasteiger partial charge in [-0.3, -0.25) is 9.97 Å². The van der Waals surface area contributed by atoms with E-state index in [9.17, 15) is 4.79 Å². The van der Waals surface area contributed by atoms with E-state index in [4.69, 9.17) is 9.84 Å². The van der Waals surface area contributed by atoms with Crippen molar-refractivity contribution in [2.45, 2.75) is 19.3 Å². The molecule has 0 amide bonds. The van der Waals surface area contributed by atoms with Crippen LogP contribution in [-0.4, -0.2) is 59.3 Å². The first-order valence-electron chi connectivity index (χ1n) is 9.01. The molecule has 0 unspecified atom stereocenters. The standard InChI is InChI=1S/C20H25N3O3/c1-26-10-9-23-8-2-3-15(14-23)11-18-12-22-19(13-21-18)16-4-6-17(7-5-16)20(24)25/h4-7,12-13,15H,2-3,8-11,14H2,1H3,(H,24,25)/t15-/m1/s1. The lowest BCUT2D eigenvalue weighted by Gasteiger charge is -2.32. The highest BCUT2D eigenvalue weighted by Gasteiger charge is 2.20. The van der Waals surface area contributed by atoms with Crippen molar-refractivity contribution in [2.24, 2.45) is 5.92 Å². The number of likely N-dealkylation sites (tertiary alicyclic amines) is 1. The van der Waals surface area contributed by atoms with E-state index in [2.05, 4.69) is 14.9 Å². The first-order chi connectivity index (χ1) is 12.7. The second kappa shape index (κ2) is 8.87. The molecule has 2 aromatic rings. The third kappa shape index (κ3) is 4.86. The van der Waals surface area contributed by atoms with Crippen LogP contribution in [0.3, 0.4) is 0 Å². The second-order valence-electron chi connectivity index (χ2n) is 6.78. The lowest BCUT2D eigenvalue weighted by atomic mass is 9.93. The number of carboxylic acid groups (broad SMARTS) is 1. The highest BCUT2D eigenvalue weighted by atomic mass is 16.5. The first-order valence-corrected chi connectivity index (χ1v) is 9.01. The van der Waals surface area contributed by atoms with Crippen molar-refractivity contribution in [2.75, 3.05) is 33.4 Å². The summed E-state index contributed by atoms with van der Waals surface area (Å²) in [5, 5.41) is 8.97. The maximum absolute atomic E-state index is 10.9. The molecule has 2 heterocycles. The number of nitrogens with zero attached hydrogens (tertiary/aromatic N) is 3. The number of ether oxygens (including phenoxy) is 1. The molecule has 6 nitrogen and oxygen atoms in total. The molecule has 6 heteroatoms. The van der Waals surface area contributed by atoms with E-state index >= 15 is 0 Å². The minimum absolute atomic E-state index is 0.272. The minimum Gasteiger partial charge on any atom is -0.478 e. The molecule has 0 radical (unpaired) electrons. The van der Waals surface area contributed by atoms with Gasteiger partial charge in [0.1, 0.15) is 0 Å². The molecule has 1 atom stereocenters. The predicted molar refractivity (Wildman–Crippen MR) is 99.2 cm³/mol. The quantitative estimate of drug-likeness (QED) is 0.823. The van der Waals surface area contributed by atoms with Crippen molar-refractivity contribution < 1.29 is 14.6 Å². The van der Waals surface area contributed by atoms with E-state index in [0.29, 0.717) is 5.92 Å². The molecule has 3 rings (SSSR count). The Bertz CT molecular complexity index is 716. The highest BCUT2D eigenvalue weighted by molar-refractivity contribution is 5.88. The van der Waals surface area contributed by atoms with E-state index in [-0.39, 0.29) is 5.56 Å². The molecule has 0 aliphatic carbocycles. The molecule has 1 aliphatic rings. The molecule has 0 bridgehead atoms. The summed E-state index contributed by atoms with van der Waals surface area (Å²) in [6.07, 6.45) is 7.00. The fourth-order valence-corrected chi connectivity index (χ4v) is 3.43. The van der Waals surface area contributed by atoms with E-state index in [1.807, 2.05) is 6.20 Å². The van der Waals surface area contributed by atoms with E-state index < -0.39 is 5.97 Å². The molecule has 1 aromatic heterocycles. The Morgan fingerprint density at radius 2 is 2.08 bits per heavy atom. The minimum atomic E-state index is -0.926. The number of carboxylic acids is 1. The first kappa shape index (κ1) is 18.5. The van der Waals surface area contributed by atoms with Crippen molar-refractivity contribution >= 4 is 5.97 Å². The van der Waals surface area contributed by atoms with Gasteiger partial charge in [0.15, 0.2) is 0 Å². The lowest BCUT2D eigenvalue weighted by molar-refractivity contribution is 0.0697. The van der Waals surface area contributed by atoms with Crippen LogP contribution in [-0.2, 0) is 11.2 Å². The largest absolute Gasteiger partial charge is 0.478 e.